The number of para-hydroxylation sites is 2. The molecule has 0 atom stereocenters. The normalized spacial score (nSPS) is 11.3. The molecule has 152 valence electrons. The summed E-state index contributed by atoms with van der Waals surface area (Å²) in [5.41, 5.74) is 2.92. The van der Waals surface area contributed by atoms with Gasteiger partial charge in [0.1, 0.15) is 5.75 Å². The van der Waals surface area contributed by atoms with Crippen LogP contribution in [0, 0.1) is 6.92 Å². The Morgan fingerprint density at radius 3 is 2.00 bits per heavy atom. The summed E-state index contributed by atoms with van der Waals surface area (Å²) < 4.78 is 33.6. The third kappa shape index (κ3) is 4.18. The van der Waals surface area contributed by atoms with Gasteiger partial charge in [-0.2, -0.15) is 0 Å². The standard InChI is InChI=1S/C22H20N4O3S/c1-15-7-13-18(14-8-15)30(27,28)26-22-21(23-16-9-11-17(29-2)12-10-16)24-19-5-3-4-6-20(19)25-22/h3-14H,1-2H3,(H,23,24)(H,25,26). The van der Waals surface area contributed by atoms with Crippen LogP contribution < -0.4 is 14.8 Å². The molecular formula is C22H20N4O3S. The molecular weight excluding hydrogens is 400 g/mol. The monoisotopic (exact) mass is 420 g/mol. The minimum absolute atomic E-state index is 0.116. The molecule has 4 aromatic rings. The summed E-state index contributed by atoms with van der Waals surface area (Å²) in [5.74, 6) is 1.13. The molecule has 0 saturated heterocycles. The number of methoxy groups -OCH3 is 1. The second-order valence-corrected chi connectivity index (χ2v) is 8.36. The molecule has 2 N–H and O–H groups in total. The Bertz CT molecular complexity index is 1290. The molecule has 3 aromatic carbocycles. The molecule has 0 aliphatic rings. The summed E-state index contributed by atoms with van der Waals surface area (Å²) >= 11 is 0. The molecule has 0 radical (unpaired) electrons. The zero-order valence-corrected chi connectivity index (χ0v) is 17.3. The molecule has 1 aromatic heterocycles. The number of aromatic nitrogens is 2. The Balaban J connectivity index is 1.74. The molecule has 4 rings (SSSR count). The van der Waals surface area contributed by atoms with E-state index in [1.54, 1.807) is 49.6 Å². The molecule has 0 spiro atoms. The number of nitrogens with one attached hydrogen (secondary N) is 2. The van der Waals surface area contributed by atoms with Gasteiger partial charge >= 0.3 is 0 Å². The number of aryl methyl sites for hydroxylation is 1. The predicted molar refractivity (Wildman–Crippen MR) is 118 cm³/mol. The Labute approximate surface area is 174 Å². The topological polar surface area (TPSA) is 93.2 Å². The maximum Gasteiger partial charge on any atom is 0.263 e. The molecule has 7 nitrogen and oxygen atoms in total. The van der Waals surface area contributed by atoms with E-state index in [1.807, 2.05) is 37.3 Å². The SMILES string of the molecule is COc1ccc(Nc2nc3ccccc3nc2NS(=O)(=O)c2ccc(C)cc2)cc1. The van der Waals surface area contributed by atoms with Crippen molar-refractivity contribution >= 4 is 38.4 Å². The number of anilines is 3. The largest absolute Gasteiger partial charge is 0.497 e. The van der Waals surface area contributed by atoms with Gasteiger partial charge in [0.05, 0.1) is 23.0 Å². The lowest BCUT2D eigenvalue weighted by Gasteiger charge is -2.14. The van der Waals surface area contributed by atoms with Gasteiger partial charge in [-0.15, -0.1) is 0 Å². The quantitative estimate of drug-likeness (QED) is 0.477. The summed E-state index contributed by atoms with van der Waals surface area (Å²) in [4.78, 5) is 9.22. The van der Waals surface area contributed by atoms with Crippen LogP contribution in [0.3, 0.4) is 0 Å². The predicted octanol–water partition coefficient (Wildman–Crippen LogP) is 4.49. The van der Waals surface area contributed by atoms with Crippen LogP contribution in [0.1, 0.15) is 5.56 Å². The van der Waals surface area contributed by atoms with Crippen LogP contribution in [-0.4, -0.2) is 25.5 Å². The van der Waals surface area contributed by atoms with Crippen LogP contribution in [0.15, 0.2) is 77.7 Å². The van der Waals surface area contributed by atoms with Gasteiger partial charge in [0, 0.05) is 5.69 Å². The van der Waals surface area contributed by atoms with E-state index in [4.69, 9.17) is 4.74 Å². The van der Waals surface area contributed by atoms with E-state index in [2.05, 4.69) is 20.0 Å². The average Bonchev–Trinajstić information content (AvgIpc) is 2.75. The Morgan fingerprint density at radius 1 is 0.800 bits per heavy atom. The average molecular weight is 420 g/mol. The van der Waals surface area contributed by atoms with E-state index in [9.17, 15) is 8.42 Å². The number of hydrogen-bond donors (Lipinski definition) is 2. The van der Waals surface area contributed by atoms with Crippen molar-refractivity contribution < 1.29 is 13.2 Å². The van der Waals surface area contributed by atoms with Gasteiger partial charge in [-0.1, -0.05) is 29.8 Å². The molecule has 0 amide bonds. The molecule has 8 heteroatoms. The minimum atomic E-state index is -3.84. The molecule has 0 aliphatic carbocycles. The summed E-state index contributed by atoms with van der Waals surface area (Å²) in [6.45, 7) is 1.90. The highest BCUT2D eigenvalue weighted by molar-refractivity contribution is 7.92. The van der Waals surface area contributed by atoms with Gasteiger partial charge in [-0.3, -0.25) is 4.72 Å². The van der Waals surface area contributed by atoms with Crippen LogP contribution in [0.5, 0.6) is 5.75 Å². The summed E-state index contributed by atoms with van der Waals surface area (Å²) in [5, 5.41) is 3.14. The fourth-order valence-electron chi connectivity index (χ4n) is 2.87. The fraction of sp³-hybridized carbons (Fsp3) is 0.0909. The third-order valence-electron chi connectivity index (χ3n) is 4.49. The van der Waals surface area contributed by atoms with Crippen LogP contribution in [0.4, 0.5) is 17.3 Å². The lowest BCUT2D eigenvalue weighted by atomic mass is 10.2. The number of rotatable bonds is 6. The highest BCUT2D eigenvalue weighted by atomic mass is 32.2. The second-order valence-electron chi connectivity index (χ2n) is 6.68. The van der Waals surface area contributed by atoms with E-state index in [1.165, 1.54) is 0 Å². The lowest BCUT2D eigenvalue weighted by molar-refractivity contribution is 0.415. The van der Waals surface area contributed by atoms with Crippen LogP contribution >= 0.6 is 0 Å². The summed E-state index contributed by atoms with van der Waals surface area (Å²) in [7, 11) is -2.24. The van der Waals surface area contributed by atoms with Gasteiger partial charge in [0.2, 0.25) is 0 Å². The van der Waals surface area contributed by atoms with Gasteiger partial charge in [-0.05, 0) is 55.5 Å². The zero-order chi connectivity index (χ0) is 21.1. The Hall–Kier alpha value is -3.65. The van der Waals surface area contributed by atoms with Gasteiger partial charge in [0.25, 0.3) is 10.0 Å². The van der Waals surface area contributed by atoms with E-state index in [0.29, 0.717) is 22.6 Å². The molecule has 0 saturated carbocycles. The Morgan fingerprint density at radius 2 is 1.40 bits per heavy atom. The van der Waals surface area contributed by atoms with Gasteiger partial charge in [-0.25, -0.2) is 18.4 Å². The number of hydrogen-bond acceptors (Lipinski definition) is 6. The van der Waals surface area contributed by atoms with Crippen molar-refractivity contribution in [3.63, 3.8) is 0 Å². The minimum Gasteiger partial charge on any atom is -0.497 e. The highest BCUT2D eigenvalue weighted by Crippen LogP contribution is 2.28. The third-order valence-corrected chi connectivity index (χ3v) is 5.84. The van der Waals surface area contributed by atoms with Crippen LogP contribution in [0.2, 0.25) is 0 Å². The second kappa shape index (κ2) is 8.00. The van der Waals surface area contributed by atoms with Gasteiger partial charge < -0.3 is 10.1 Å². The van der Waals surface area contributed by atoms with Crippen molar-refractivity contribution in [1.82, 2.24) is 9.97 Å². The van der Waals surface area contributed by atoms with E-state index >= 15 is 0 Å². The molecule has 30 heavy (non-hydrogen) atoms. The van der Waals surface area contributed by atoms with Crippen LogP contribution in [-0.2, 0) is 10.0 Å². The first-order chi connectivity index (χ1) is 14.4. The van der Waals surface area contributed by atoms with Gasteiger partial charge in [0.15, 0.2) is 11.6 Å². The zero-order valence-electron chi connectivity index (χ0n) is 16.5. The molecule has 0 bridgehead atoms. The van der Waals surface area contributed by atoms with Crippen molar-refractivity contribution in [1.29, 1.82) is 0 Å². The first kappa shape index (κ1) is 19.7. The van der Waals surface area contributed by atoms with Crippen LogP contribution in [0.25, 0.3) is 11.0 Å². The highest BCUT2D eigenvalue weighted by Gasteiger charge is 2.19. The van der Waals surface area contributed by atoms with E-state index in [0.717, 1.165) is 11.3 Å². The Kier molecular flexibility index (Phi) is 5.24. The number of nitrogens with zero attached hydrogens (tertiary/aromatic N) is 2. The maximum absolute atomic E-state index is 12.9. The molecule has 0 aliphatic heterocycles. The first-order valence-electron chi connectivity index (χ1n) is 9.22. The van der Waals surface area contributed by atoms with Crippen molar-refractivity contribution in [2.75, 3.05) is 17.1 Å². The number of ether oxygens (including phenoxy) is 1. The van der Waals surface area contributed by atoms with Crippen molar-refractivity contribution in [3.05, 3.63) is 78.4 Å². The van der Waals surface area contributed by atoms with E-state index < -0.39 is 10.0 Å². The summed E-state index contributed by atoms with van der Waals surface area (Å²) in [6.07, 6.45) is 0. The summed E-state index contributed by atoms with van der Waals surface area (Å²) in [6, 6.07) is 21.1. The lowest BCUT2D eigenvalue weighted by Crippen LogP contribution is -2.16. The number of sulfonamides is 1. The number of fused-ring (bicyclic) bond motifs is 1. The van der Waals surface area contributed by atoms with Crippen molar-refractivity contribution in [2.45, 2.75) is 11.8 Å². The maximum atomic E-state index is 12.9. The smallest absolute Gasteiger partial charge is 0.263 e. The molecule has 1 heterocycles. The molecule has 0 unspecified atom stereocenters. The van der Waals surface area contributed by atoms with Crippen molar-refractivity contribution in [2.24, 2.45) is 0 Å². The van der Waals surface area contributed by atoms with Crippen molar-refractivity contribution in [3.8, 4) is 5.75 Å². The molecule has 0 fully saturated rings. The first-order valence-corrected chi connectivity index (χ1v) is 10.7. The fourth-order valence-corrected chi connectivity index (χ4v) is 3.88. The van der Waals surface area contributed by atoms with E-state index in [-0.39, 0.29) is 10.7 Å². The number of benzene rings is 3.